The zero-order chi connectivity index (χ0) is 25.1. The van der Waals surface area contributed by atoms with Crippen LogP contribution in [0.1, 0.15) is 75.5 Å². The Labute approximate surface area is 205 Å². The summed E-state index contributed by atoms with van der Waals surface area (Å²) in [5.41, 5.74) is -1.79. The van der Waals surface area contributed by atoms with Crippen LogP contribution in [0.3, 0.4) is 0 Å². The average Bonchev–Trinajstić information content (AvgIpc) is 3.60. The smallest absolute Gasteiger partial charge is 0.186 e. The number of allylic oxidation sites excluding steroid dienone is 1. The van der Waals surface area contributed by atoms with E-state index in [1.807, 2.05) is 13.8 Å². The SMILES string of the molecule is C[C@@H](c1ccc2c(c1)CC[C@H]1[C@H]2[C@@H]2O[C@@H]2[C@@]2(O)CC=CC(=O)[C@]12C)[C@H]1C[C@@](C)(O)[C@](C)(O)[C@@H](O)O1. The fourth-order valence-electron chi connectivity index (χ4n) is 7.57. The zero-order valence-corrected chi connectivity index (χ0v) is 20.8. The number of benzene rings is 1. The maximum Gasteiger partial charge on any atom is 0.186 e. The van der Waals surface area contributed by atoms with Gasteiger partial charge in [-0.15, -0.1) is 0 Å². The monoisotopic (exact) mass is 484 g/mol. The Hall–Kier alpha value is -1.61. The van der Waals surface area contributed by atoms with Gasteiger partial charge in [-0.1, -0.05) is 31.2 Å². The minimum Gasteiger partial charge on any atom is -0.387 e. The van der Waals surface area contributed by atoms with E-state index in [1.165, 1.54) is 25.0 Å². The molecule has 5 aliphatic rings. The second-order valence-electron chi connectivity index (χ2n) is 12.2. The van der Waals surface area contributed by atoms with Gasteiger partial charge in [0, 0.05) is 18.3 Å². The van der Waals surface area contributed by atoms with Gasteiger partial charge < -0.3 is 29.9 Å². The summed E-state index contributed by atoms with van der Waals surface area (Å²) in [5.74, 6) is -0.0323. The number of carbonyl (C=O) groups excluding carboxylic acids is 1. The molecule has 190 valence electrons. The van der Waals surface area contributed by atoms with Crippen LogP contribution in [0, 0.1) is 11.3 Å². The molecule has 1 saturated carbocycles. The third-order valence-corrected chi connectivity index (χ3v) is 10.4. The highest BCUT2D eigenvalue weighted by Crippen LogP contribution is 2.66. The van der Waals surface area contributed by atoms with Crippen molar-refractivity contribution in [1.82, 2.24) is 0 Å². The molecule has 11 atom stereocenters. The maximum absolute atomic E-state index is 13.2. The highest BCUT2D eigenvalue weighted by molar-refractivity contribution is 5.97. The molecule has 2 aliphatic heterocycles. The molecule has 1 aromatic carbocycles. The van der Waals surface area contributed by atoms with Crippen LogP contribution in [0.15, 0.2) is 30.4 Å². The fourth-order valence-corrected chi connectivity index (χ4v) is 7.57. The Morgan fingerprint density at radius 3 is 2.57 bits per heavy atom. The van der Waals surface area contributed by atoms with Gasteiger partial charge in [0.2, 0.25) is 0 Å². The van der Waals surface area contributed by atoms with Gasteiger partial charge in [-0.3, -0.25) is 4.79 Å². The third kappa shape index (κ3) is 2.97. The molecule has 0 spiro atoms. The minimum absolute atomic E-state index is 0.000154. The Balaban J connectivity index is 1.31. The van der Waals surface area contributed by atoms with Crippen LogP contribution < -0.4 is 0 Å². The number of fused-ring (bicyclic) bond motifs is 8. The predicted octanol–water partition coefficient (Wildman–Crippen LogP) is 2.09. The first-order valence-electron chi connectivity index (χ1n) is 12.8. The Kier molecular flexibility index (Phi) is 4.92. The molecule has 0 unspecified atom stereocenters. The minimum atomic E-state index is -1.75. The lowest BCUT2D eigenvalue weighted by molar-refractivity contribution is -0.321. The maximum atomic E-state index is 13.2. The lowest BCUT2D eigenvalue weighted by Crippen LogP contribution is -2.65. The summed E-state index contributed by atoms with van der Waals surface area (Å²) in [5, 5.41) is 43.3. The molecular formula is C28H36O7. The first-order chi connectivity index (χ1) is 16.3. The van der Waals surface area contributed by atoms with Crippen molar-refractivity contribution in [2.45, 2.75) is 107 Å². The van der Waals surface area contributed by atoms with Gasteiger partial charge in [0.05, 0.1) is 23.2 Å². The molecular weight excluding hydrogens is 448 g/mol. The molecule has 0 radical (unpaired) electrons. The molecule has 2 saturated heterocycles. The molecule has 4 N–H and O–H groups in total. The van der Waals surface area contributed by atoms with Gasteiger partial charge in [-0.05, 0) is 68.7 Å². The second kappa shape index (κ2) is 7.24. The van der Waals surface area contributed by atoms with Crippen molar-refractivity contribution in [2.24, 2.45) is 11.3 Å². The van der Waals surface area contributed by atoms with Crippen molar-refractivity contribution in [3.8, 4) is 0 Å². The zero-order valence-electron chi connectivity index (χ0n) is 20.8. The van der Waals surface area contributed by atoms with Crippen LogP contribution in [0.2, 0.25) is 0 Å². The molecule has 0 aromatic heterocycles. The number of aliphatic hydroxyl groups excluding tert-OH is 1. The average molecular weight is 485 g/mol. The fraction of sp³-hybridized carbons (Fsp3) is 0.679. The molecule has 2 heterocycles. The van der Waals surface area contributed by atoms with E-state index in [0.717, 1.165) is 18.4 Å². The Morgan fingerprint density at radius 2 is 1.86 bits per heavy atom. The van der Waals surface area contributed by atoms with E-state index in [9.17, 15) is 25.2 Å². The summed E-state index contributed by atoms with van der Waals surface area (Å²) in [7, 11) is 0. The van der Waals surface area contributed by atoms with E-state index in [-0.39, 0.29) is 42.2 Å². The largest absolute Gasteiger partial charge is 0.387 e. The first kappa shape index (κ1) is 23.8. The molecule has 0 amide bonds. The summed E-state index contributed by atoms with van der Waals surface area (Å²) in [6.07, 6.45) is 3.35. The standard InChI is InChI=1S/C28H36O7/c1-14(19-13-25(2,31)27(4,32)24(30)34-19)15-7-9-17-16(12-15)8-10-18-21(17)22-23(35-22)28(33)11-5-6-20(29)26(18,28)3/h5-7,9,12,14,18-19,21-24,30-33H,8,10-11,13H2,1-4H3/t14-,18-,19+,21-,22-,23-,24-,25+,26-,27+,28-/m0/s1. The quantitative estimate of drug-likeness (QED) is 0.475. The first-order valence-corrected chi connectivity index (χ1v) is 12.8. The Morgan fingerprint density at radius 1 is 1.11 bits per heavy atom. The number of carbonyl (C=O) groups is 1. The van der Waals surface area contributed by atoms with E-state index < -0.39 is 34.6 Å². The van der Waals surface area contributed by atoms with E-state index in [0.29, 0.717) is 6.42 Å². The van der Waals surface area contributed by atoms with Gasteiger partial charge in [0.25, 0.3) is 0 Å². The molecule has 7 heteroatoms. The van der Waals surface area contributed by atoms with Crippen molar-refractivity contribution in [3.05, 3.63) is 47.0 Å². The topological polar surface area (TPSA) is 120 Å². The van der Waals surface area contributed by atoms with Gasteiger partial charge in [0.1, 0.15) is 17.3 Å². The number of ketones is 1. The lowest BCUT2D eigenvalue weighted by Gasteiger charge is -2.55. The lowest BCUT2D eigenvalue weighted by atomic mass is 9.48. The van der Waals surface area contributed by atoms with Gasteiger partial charge >= 0.3 is 0 Å². The number of epoxide rings is 1. The normalized spacial score (nSPS) is 51.0. The molecule has 6 rings (SSSR count). The third-order valence-electron chi connectivity index (χ3n) is 10.4. The predicted molar refractivity (Wildman–Crippen MR) is 127 cm³/mol. The molecule has 3 fully saturated rings. The van der Waals surface area contributed by atoms with Gasteiger partial charge in [-0.25, -0.2) is 0 Å². The summed E-state index contributed by atoms with van der Waals surface area (Å²) >= 11 is 0. The highest BCUT2D eigenvalue weighted by atomic mass is 16.6. The van der Waals surface area contributed by atoms with Crippen LogP contribution in [-0.2, 0) is 20.7 Å². The highest BCUT2D eigenvalue weighted by Gasteiger charge is 2.75. The molecule has 7 nitrogen and oxygen atoms in total. The summed E-state index contributed by atoms with van der Waals surface area (Å²) in [6.45, 7) is 6.86. The van der Waals surface area contributed by atoms with Gasteiger partial charge in [0.15, 0.2) is 12.1 Å². The van der Waals surface area contributed by atoms with Crippen molar-refractivity contribution < 1.29 is 34.7 Å². The summed E-state index contributed by atoms with van der Waals surface area (Å²) in [6, 6.07) is 6.36. The molecule has 0 bridgehead atoms. The van der Waals surface area contributed by atoms with Crippen LogP contribution in [0.4, 0.5) is 0 Å². The summed E-state index contributed by atoms with van der Waals surface area (Å²) < 4.78 is 11.8. The van der Waals surface area contributed by atoms with Crippen molar-refractivity contribution in [1.29, 1.82) is 0 Å². The molecule has 3 aliphatic carbocycles. The van der Waals surface area contributed by atoms with E-state index in [1.54, 1.807) is 12.2 Å². The van der Waals surface area contributed by atoms with Crippen LogP contribution in [0.25, 0.3) is 0 Å². The number of ether oxygens (including phenoxy) is 2. The number of hydrogen-bond acceptors (Lipinski definition) is 7. The second-order valence-corrected chi connectivity index (χ2v) is 12.2. The molecule has 1 aromatic rings. The number of rotatable bonds is 2. The van der Waals surface area contributed by atoms with E-state index >= 15 is 0 Å². The van der Waals surface area contributed by atoms with Crippen molar-refractivity contribution in [3.63, 3.8) is 0 Å². The molecule has 35 heavy (non-hydrogen) atoms. The van der Waals surface area contributed by atoms with Gasteiger partial charge in [-0.2, -0.15) is 0 Å². The van der Waals surface area contributed by atoms with Crippen LogP contribution >= 0.6 is 0 Å². The number of hydrogen-bond donors (Lipinski definition) is 4. The summed E-state index contributed by atoms with van der Waals surface area (Å²) in [4.78, 5) is 13.2. The van der Waals surface area contributed by atoms with E-state index in [2.05, 4.69) is 18.2 Å². The number of aryl methyl sites for hydroxylation is 1. The number of aliphatic hydroxyl groups is 4. The van der Waals surface area contributed by atoms with Crippen LogP contribution in [-0.4, -0.2) is 67.6 Å². The van der Waals surface area contributed by atoms with Crippen molar-refractivity contribution >= 4 is 5.78 Å². The van der Waals surface area contributed by atoms with E-state index in [4.69, 9.17) is 9.47 Å². The Bertz CT molecular complexity index is 1110. The van der Waals surface area contributed by atoms with Crippen molar-refractivity contribution in [2.75, 3.05) is 0 Å². The van der Waals surface area contributed by atoms with Crippen LogP contribution in [0.5, 0.6) is 0 Å².